The van der Waals surface area contributed by atoms with E-state index in [0.29, 0.717) is 24.3 Å². The first-order valence-electron chi connectivity index (χ1n) is 10.1. The molecule has 0 aromatic heterocycles. The number of sulfonamides is 1. The Morgan fingerprint density at radius 1 is 1.07 bits per heavy atom. The van der Waals surface area contributed by atoms with Gasteiger partial charge in [0, 0.05) is 0 Å². The predicted octanol–water partition coefficient (Wildman–Crippen LogP) is 4.12. The van der Waals surface area contributed by atoms with Gasteiger partial charge in [0.2, 0.25) is 15.9 Å². The topological polar surface area (TPSA) is 75.7 Å². The summed E-state index contributed by atoms with van der Waals surface area (Å²) in [5, 5.41) is 3.07. The number of benzene rings is 2. The fraction of sp³-hybridized carbons (Fsp3) is 0.435. The number of hydrogen-bond acceptors (Lipinski definition) is 4. The van der Waals surface area contributed by atoms with Crippen molar-refractivity contribution in [1.82, 2.24) is 5.32 Å². The average molecular weight is 433 g/mol. The highest BCUT2D eigenvalue weighted by Gasteiger charge is 2.32. The molecule has 0 unspecified atom stereocenters. The quantitative estimate of drug-likeness (QED) is 0.647. The molecule has 0 saturated carbocycles. The molecule has 164 valence electrons. The van der Waals surface area contributed by atoms with E-state index in [-0.39, 0.29) is 11.9 Å². The largest absolute Gasteiger partial charge is 0.497 e. The lowest BCUT2D eigenvalue weighted by molar-refractivity contribution is -0.123. The summed E-state index contributed by atoms with van der Waals surface area (Å²) in [4.78, 5) is 13.2. The van der Waals surface area contributed by atoms with Gasteiger partial charge in [-0.3, -0.25) is 9.10 Å². The molecule has 7 heteroatoms. The van der Waals surface area contributed by atoms with Crippen LogP contribution in [-0.2, 0) is 14.8 Å². The third-order valence-electron chi connectivity index (χ3n) is 5.18. The van der Waals surface area contributed by atoms with Gasteiger partial charge in [-0.1, -0.05) is 37.6 Å². The third-order valence-corrected chi connectivity index (χ3v) is 6.36. The Balaban J connectivity index is 2.36. The van der Waals surface area contributed by atoms with Gasteiger partial charge in [-0.25, -0.2) is 8.42 Å². The first-order chi connectivity index (χ1) is 14.1. The molecule has 2 aromatic rings. The van der Waals surface area contributed by atoms with Crippen LogP contribution in [0.2, 0.25) is 0 Å². The molecule has 2 atom stereocenters. The van der Waals surface area contributed by atoms with Gasteiger partial charge in [0.1, 0.15) is 11.8 Å². The number of ether oxygens (including phenoxy) is 1. The van der Waals surface area contributed by atoms with Crippen molar-refractivity contribution in [1.29, 1.82) is 0 Å². The van der Waals surface area contributed by atoms with Crippen LogP contribution in [-0.4, -0.2) is 33.7 Å². The van der Waals surface area contributed by atoms with Crippen LogP contribution in [0.1, 0.15) is 49.4 Å². The van der Waals surface area contributed by atoms with E-state index in [9.17, 15) is 13.2 Å². The molecule has 0 spiro atoms. The van der Waals surface area contributed by atoms with Crippen molar-refractivity contribution in [2.45, 2.75) is 52.6 Å². The van der Waals surface area contributed by atoms with Crippen LogP contribution in [0.4, 0.5) is 5.69 Å². The summed E-state index contributed by atoms with van der Waals surface area (Å²) in [6, 6.07) is 11.8. The lowest BCUT2D eigenvalue weighted by atomic mass is 9.97. The van der Waals surface area contributed by atoms with Crippen molar-refractivity contribution in [3.8, 4) is 5.75 Å². The van der Waals surface area contributed by atoms with E-state index >= 15 is 0 Å². The number of carbonyl (C=O) groups excluding carboxylic acids is 1. The van der Waals surface area contributed by atoms with Crippen LogP contribution < -0.4 is 14.4 Å². The van der Waals surface area contributed by atoms with E-state index in [0.717, 1.165) is 22.9 Å². The maximum absolute atomic E-state index is 13.2. The minimum atomic E-state index is -3.68. The Hall–Kier alpha value is -2.54. The zero-order valence-corrected chi connectivity index (χ0v) is 19.4. The highest BCUT2D eigenvalue weighted by Crippen LogP contribution is 2.27. The zero-order chi connectivity index (χ0) is 22.5. The summed E-state index contributed by atoms with van der Waals surface area (Å²) in [6.45, 7) is 7.86. The van der Waals surface area contributed by atoms with Gasteiger partial charge < -0.3 is 10.1 Å². The van der Waals surface area contributed by atoms with E-state index in [1.165, 1.54) is 4.31 Å². The van der Waals surface area contributed by atoms with E-state index in [1.807, 2.05) is 39.8 Å². The zero-order valence-electron chi connectivity index (χ0n) is 18.6. The molecule has 0 saturated heterocycles. The monoisotopic (exact) mass is 432 g/mol. The summed E-state index contributed by atoms with van der Waals surface area (Å²) in [5.74, 6) is 0.302. The van der Waals surface area contributed by atoms with Crippen molar-refractivity contribution >= 4 is 21.6 Å². The van der Waals surface area contributed by atoms with Crippen molar-refractivity contribution in [3.63, 3.8) is 0 Å². The predicted molar refractivity (Wildman–Crippen MR) is 121 cm³/mol. The highest BCUT2D eigenvalue weighted by atomic mass is 32.2. The van der Waals surface area contributed by atoms with E-state index in [4.69, 9.17) is 4.74 Å². The molecule has 0 radical (unpaired) electrons. The molecule has 30 heavy (non-hydrogen) atoms. The number of amides is 1. The highest BCUT2D eigenvalue weighted by molar-refractivity contribution is 7.92. The lowest BCUT2D eigenvalue weighted by Gasteiger charge is -2.31. The van der Waals surface area contributed by atoms with Crippen molar-refractivity contribution < 1.29 is 17.9 Å². The van der Waals surface area contributed by atoms with Gasteiger partial charge in [-0.15, -0.1) is 0 Å². The molecule has 0 aliphatic rings. The van der Waals surface area contributed by atoms with Crippen LogP contribution in [0.25, 0.3) is 0 Å². The van der Waals surface area contributed by atoms with Gasteiger partial charge in [0.15, 0.2) is 0 Å². The molecular weight excluding hydrogens is 400 g/mol. The van der Waals surface area contributed by atoms with Crippen LogP contribution in [0.5, 0.6) is 5.75 Å². The van der Waals surface area contributed by atoms with Crippen LogP contribution in [0, 0.1) is 13.8 Å². The summed E-state index contributed by atoms with van der Waals surface area (Å²) in [5.41, 5.74) is 3.73. The molecule has 1 N–H and O–H groups in total. The third kappa shape index (κ3) is 5.53. The first kappa shape index (κ1) is 23.7. The number of carbonyl (C=O) groups is 1. The Morgan fingerprint density at radius 3 is 2.17 bits per heavy atom. The summed E-state index contributed by atoms with van der Waals surface area (Å²) >= 11 is 0. The second kappa shape index (κ2) is 9.98. The Labute approximate surface area is 180 Å². The normalized spacial score (nSPS) is 13.4. The summed E-state index contributed by atoms with van der Waals surface area (Å²) in [6.07, 6.45) is 2.16. The molecule has 1 amide bonds. The van der Waals surface area contributed by atoms with Gasteiger partial charge in [0.25, 0.3) is 0 Å². The molecular formula is C23H32N2O4S. The van der Waals surface area contributed by atoms with E-state index in [2.05, 4.69) is 11.4 Å². The van der Waals surface area contributed by atoms with Crippen molar-refractivity contribution in [3.05, 3.63) is 59.2 Å². The maximum atomic E-state index is 13.2. The lowest BCUT2D eigenvalue weighted by Crippen LogP contribution is -2.50. The second-order valence-electron chi connectivity index (χ2n) is 7.51. The number of nitrogens with zero attached hydrogens (tertiary/aromatic N) is 1. The van der Waals surface area contributed by atoms with Crippen LogP contribution in [0.15, 0.2) is 42.5 Å². The number of nitrogens with one attached hydrogen (secondary N) is 1. The Kier molecular flexibility index (Phi) is 7.89. The number of methoxy groups -OCH3 is 1. The van der Waals surface area contributed by atoms with E-state index in [1.54, 1.807) is 31.4 Å². The fourth-order valence-corrected chi connectivity index (χ4v) is 4.89. The minimum absolute atomic E-state index is 0.190. The minimum Gasteiger partial charge on any atom is -0.497 e. The van der Waals surface area contributed by atoms with Crippen molar-refractivity contribution in [2.75, 3.05) is 17.7 Å². The number of hydrogen-bond donors (Lipinski definition) is 1. The standard InChI is InChI=1S/C23H32N2O4S/c1-7-21(20-14-9-16(3)15-17(20)4)24-23(26)22(8-2)25(30(6,27)28)18-10-12-19(29-5)13-11-18/h9-15,21-22H,7-8H2,1-6H3,(H,24,26)/t21-,22+/m0/s1. The second-order valence-corrected chi connectivity index (χ2v) is 9.37. The maximum Gasteiger partial charge on any atom is 0.244 e. The first-order valence-corrected chi connectivity index (χ1v) is 12.0. The molecule has 0 aliphatic carbocycles. The molecule has 2 rings (SSSR count). The van der Waals surface area contributed by atoms with Gasteiger partial charge in [-0.2, -0.15) is 0 Å². The average Bonchev–Trinajstić information content (AvgIpc) is 2.69. The number of rotatable bonds is 9. The van der Waals surface area contributed by atoms with E-state index < -0.39 is 16.1 Å². The summed E-state index contributed by atoms with van der Waals surface area (Å²) < 4.78 is 31.6. The Bertz CT molecular complexity index is 971. The molecule has 0 fully saturated rings. The molecule has 0 aliphatic heterocycles. The fourth-order valence-electron chi connectivity index (χ4n) is 3.67. The summed E-state index contributed by atoms with van der Waals surface area (Å²) in [7, 11) is -2.14. The van der Waals surface area contributed by atoms with Crippen LogP contribution in [0.3, 0.4) is 0 Å². The molecule has 6 nitrogen and oxygen atoms in total. The van der Waals surface area contributed by atoms with Crippen LogP contribution >= 0.6 is 0 Å². The number of anilines is 1. The van der Waals surface area contributed by atoms with Crippen molar-refractivity contribution in [2.24, 2.45) is 0 Å². The van der Waals surface area contributed by atoms with Gasteiger partial charge in [0.05, 0.1) is 25.1 Å². The molecule has 2 aromatic carbocycles. The van der Waals surface area contributed by atoms with Gasteiger partial charge >= 0.3 is 0 Å². The smallest absolute Gasteiger partial charge is 0.244 e. The van der Waals surface area contributed by atoms with Gasteiger partial charge in [-0.05, 0) is 62.1 Å². The molecule has 0 bridgehead atoms. The molecule has 0 heterocycles. The Morgan fingerprint density at radius 2 is 1.70 bits per heavy atom. The number of aryl methyl sites for hydroxylation is 2. The SMILES string of the molecule is CC[C@H](NC(=O)[C@@H](CC)N(c1ccc(OC)cc1)S(C)(=O)=O)c1ccc(C)cc1C.